The zero-order chi connectivity index (χ0) is 19.4. The molecular formula is C17H24N2O6. The normalized spacial score (nSPS) is 15.4. The topological polar surface area (TPSA) is 122 Å². The average molecular weight is 352 g/mol. The smallest absolute Gasteiger partial charge is 0.304 e. The molecule has 0 bridgehead atoms. The molecule has 8 nitrogen and oxygen atoms in total. The minimum absolute atomic E-state index is 0.0167. The molecule has 138 valence electrons. The number of carbonyl (C=O) groups excluding carboxylic acids is 3. The van der Waals surface area contributed by atoms with Crippen LogP contribution < -0.4 is 10.6 Å². The average Bonchev–Trinajstić information content (AvgIpc) is 2.46. The molecule has 0 aromatic rings. The molecule has 25 heavy (non-hydrogen) atoms. The highest BCUT2D eigenvalue weighted by molar-refractivity contribution is 6.24. The van der Waals surface area contributed by atoms with Crippen molar-refractivity contribution in [3.8, 4) is 0 Å². The summed E-state index contributed by atoms with van der Waals surface area (Å²) in [7, 11) is 1.29. The second kappa shape index (κ2) is 7.96. The van der Waals surface area contributed by atoms with Crippen molar-refractivity contribution in [3.05, 3.63) is 22.6 Å². The first-order valence-electron chi connectivity index (χ1n) is 7.82. The van der Waals surface area contributed by atoms with Crippen LogP contribution in [0.25, 0.3) is 0 Å². The maximum Gasteiger partial charge on any atom is 0.304 e. The van der Waals surface area contributed by atoms with Crippen LogP contribution in [0.3, 0.4) is 0 Å². The summed E-state index contributed by atoms with van der Waals surface area (Å²) in [6.07, 6.45) is -0.291. The number of ketones is 2. The molecule has 3 N–H and O–H groups in total. The van der Waals surface area contributed by atoms with Crippen molar-refractivity contribution in [2.75, 3.05) is 20.2 Å². The Morgan fingerprint density at radius 2 is 1.76 bits per heavy atom. The van der Waals surface area contributed by atoms with Gasteiger partial charge >= 0.3 is 5.97 Å². The lowest BCUT2D eigenvalue weighted by molar-refractivity contribution is -0.139. The van der Waals surface area contributed by atoms with Crippen LogP contribution in [-0.4, -0.2) is 48.7 Å². The van der Waals surface area contributed by atoms with Gasteiger partial charge in [0.25, 0.3) is 0 Å². The zero-order valence-corrected chi connectivity index (χ0v) is 15.1. The highest BCUT2D eigenvalue weighted by Gasteiger charge is 2.41. The first-order chi connectivity index (χ1) is 11.5. The van der Waals surface area contributed by atoms with Crippen molar-refractivity contribution < 1.29 is 29.0 Å². The number of ether oxygens (including phenoxy) is 1. The van der Waals surface area contributed by atoms with Gasteiger partial charge in [-0.05, 0) is 6.92 Å². The van der Waals surface area contributed by atoms with Gasteiger partial charge in [-0.2, -0.15) is 0 Å². The van der Waals surface area contributed by atoms with Gasteiger partial charge in [0.2, 0.25) is 17.5 Å². The van der Waals surface area contributed by atoms with Crippen molar-refractivity contribution in [2.45, 2.75) is 34.1 Å². The molecule has 8 heteroatoms. The summed E-state index contributed by atoms with van der Waals surface area (Å²) in [6.45, 7) is 6.55. The highest BCUT2D eigenvalue weighted by Crippen LogP contribution is 2.38. The van der Waals surface area contributed by atoms with Gasteiger partial charge in [0.1, 0.15) is 5.70 Å². The second-order valence-electron chi connectivity index (χ2n) is 6.43. The Morgan fingerprint density at radius 3 is 2.24 bits per heavy atom. The summed E-state index contributed by atoms with van der Waals surface area (Å²) in [5.74, 6) is -2.32. The molecule has 0 aromatic heterocycles. The number of hydrogen-bond acceptors (Lipinski definition) is 6. The molecule has 0 atom stereocenters. The van der Waals surface area contributed by atoms with E-state index < -0.39 is 23.0 Å². The molecule has 0 heterocycles. The fourth-order valence-corrected chi connectivity index (χ4v) is 2.86. The Kier molecular flexibility index (Phi) is 6.49. The molecule has 0 unspecified atom stereocenters. The quantitative estimate of drug-likeness (QED) is 0.430. The SMILES string of the molecule is COC1=C(NCCNC(C)=O)C(=O)C(C(C)(C)CC(=O)O)=C(C)C1=O. The molecular weight excluding hydrogens is 328 g/mol. The minimum atomic E-state index is -1.06. The van der Waals surface area contributed by atoms with Crippen molar-refractivity contribution in [3.63, 3.8) is 0 Å². The van der Waals surface area contributed by atoms with Crippen LogP contribution in [0.5, 0.6) is 0 Å². The molecule has 0 fully saturated rings. The van der Waals surface area contributed by atoms with Crippen LogP contribution in [-0.2, 0) is 23.9 Å². The largest absolute Gasteiger partial charge is 0.491 e. The van der Waals surface area contributed by atoms with Crippen LogP contribution in [0.1, 0.15) is 34.1 Å². The number of hydrogen-bond donors (Lipinski definition) is 3. The Labute approximate surface area is 146 Å². The third-order valence-corrected chi connectivity index (χ3v) is 3.88. The van der Waals surface area contributed by atoms with Gasteiger partial charge in [-0.3, -0.25) is 19.2 Å². The van der Waals surface area contributed by atoms with Crippen LogP contribution in [0, 0.1) is 5.41 Å². The summed E-state index contributed by atoms with van der Waals surface area (Å²) in [5.41, 5.74) is -0.702. The number of methoxy groups -OCH3 is 1. The van der Waals surface area contributed by atoms with Gasteiger partial charge in [0.15, 0.2) is 5.76 Å². The van der Waals surface area contributed by atoms with E-state index in [4.69, 9.17) is 9.84 Å². The number of allylic oxidation sites excluding steroid dienone is 2. The van der Waals surface area contributed by atoms with E-state index in [2.05, 4.69) is 10.6 Å². The monoisotopic (exact) mass is 352 g/mol. The third kappa shape index (κ3) is 4.68. The van der Waals surface area contributed by atoms with E-state index in [0.29, 0.717) is 0 Å². The van der Waals surface area contributed by atoms with Gasteiger partial charge in [0.05, 0.1) is 13.5 Å². The van der Waals surface area contributed by atoms with Crippen LogP contribution in [0.2, 0.25) is 0 Å². The first kappa shape index (κ1) is 20.4. The predicted octanol–water partition coefficient (Wildman–Crippen LogP) is 0.539. The van der Waals surface area contributed by atoms with Crippen LogP contribution in [0.4, 0.5) is 0 Å². The molecule has 1 amide bonds. The van der Waals surface area contributed by atoms with E-state index in [1.165, 1.54) is 21.0 Å². The Balaban J connectivity index is 3.17. The lowest BCUT2D eigenvalue weighted by Gasteiger charge is -2.31. The Bertz CT molecular complexity index is 673. The lowest BCUT2D eigenvalue weighted by Crippen LogP contribution is -2.39. The van der Waals surface area contributed by atoms with Crippen molar-refractivity contribution in [1.82, 2.24) is 10.6 Å². The van der Waals surface area contributed by atoms with Crippen molar-refractivity contribution in [1.29, 1.82) is 0 Å². The molecule has 0 saturated carbocycles. The lowest BCUT2D eigenvalue weighted by atomic mass is 9.73. The molecule has 0 saturated heterocycles. The minimum Gasteiger partial charge on any atom is -0.491 e. The summed E-state index contributed by atoms with van der Waals surface area (Å²) < 4.78 is 5.09. The maximum absolute atomic E-state index is 12.9. The Morgan fingerprint density at radius 1 is 1.16 bits per heavy atom. The van der Waals surface area contributed by atoms with E-state index in [1.54, 1.807) is 13.8 Å². The molecule has 0 aliphatic heterocycles. The fourth-order valence-electron chi connectivity index (χ4n) is 2.86. The molecule has 1 aliphatic carbocycles. The summed E-state index contributed by atoms with van der Waals surface area (Å²) >= 11 is 0. The number of rotatable bonds is 8. The van der Waals surface area contributed by atoms with Gasteiger partial charge < -0.3 is 20.5 Å². The van der Waals surface area contributed by atoms with Gasteiger partial charge in [-0.15, -0.1) is 0 Å². The number of carboxylic acid groups (broad SMARTS) is 1. The molecule has 0 aromatic carbocycles. The van der Waals surface area contributed by atoms with Crippen LogP contribution >= 0.6 is 0 Å². The van der Waals surface area contributed by atoms with Crippen LogP contribution in [0.15, 0.2) is 22.6 Å². The molecule has 0 radical (unpaired) electrons. The predicted molar refractivity (Wildman–Crippen MR) is 89.5 cm³/mol. The summed E-state index contributed by atoms with van der Waals surface area (Å²) in [6, 6.07) is 0. The molecule has 1 aliphatic rings. The maximum atomic E-state index is 12.9. The van der Waals surface area contributed by atoms with E-state index in [-0.39, 0.29) is 48.0 Å². The number of carboxylic acids is 1. The van der Waals surface area contributed by atoms with Gasteiger partial charge in [-0.1, -0.05) is 13.8 Å². The number of Topliss-reactive ketones (excluding diaryl/α,β-unsaturated/α-hetero) is 2. The summed E-state index contributed by atoms with van der Waals surface area (Å²) in [4.78, 5) is 47.5. The van der Waals surface area contributed by atoms with E-state index in [9.17, 15) is 19.2 Å². The number of aliphatic carboxylic acids is 1. The molecule has 0 spiro atoms. The van der Waals surface area contributed by atoms with E-state index in [1.807, 2.05) is 0 Å². The number of amides is 1. The van der Waals surface area contributed by atoms with E-state index in [0.717, 1.165) is 0 Å². The number of carbonyl (C=O) groups is 4. The fraction of sp³-hybridized carbons (Fsp3) is 0.529. The number of nitrogens with one attached hydrogen (secondary N) is 2. The zero-order valence-electron chi connectivity index (χ0n) is 15.1. The summed E-state index contributed by atoms with van der Waals surface area (Å²) in [5, 5.41) is 14.5. The van der Waals surface area contributed by atoms with E-state index >= 15 is 0 Å². The van der Waals surface area contributed by atoms with Crippen molar-refractivity contribution >= 4 is 23.4 Å². The highest BCUT2D eigenvalue weighted by atomic mass is 16.5. The van der Waals surface area contributed by atoms with Crippen molar-refractivity contribution in [2.24, 2.45) is 5.41 Å². The van der Waals surface area contributed by atoms with Gasteiger partial charge in [0, 0.05) is 36.6 Å². The second-order valence-corrected chi connectivity index (χ2v) is 6.43. The molecule has 1 rings (SSSR count). The Hall–Kier alpha value is -2.64. The standard InChI is InChI=1S/C17H24N2O6/c1-9-12(17(3,4)8-11(21)22)15(24)13(16(25-5)14(9)23)19-7-6-18-10(2)20/h19H,6-8H2,1-5H3,(H,18,20)(H,21,22). The third-order valence-electron chi connectivity index (χ3n) is 3.88. The first-order valence-corrected chi connectivity index (χ1v) is 7.82. The van der Waals surface area contributed by atoms with Gasteiger partial charge in [-0.25, -0.2) is 0 Å².